The summed E-state index contributed by atoms with van der Waals surface area (Å²) in [6, 6.07) is 6.26. The van der Waals surface area contributed by atoms with Gasteiger partial charge in [-0.2, -0.15) is 5.10 Å². The molecule has 1 heterocycles. The molecule has 0 fully saturated rings. The summed E-state index contributed by atoms with van der Waals surface area (Å²) < 4.78 is 7.39. The van der Waals surface area contributed by atoms with Crippen molar-refractivity contribution in [1.29, 1.82) is 0 Å². The molecule has 0 saturated carbocycles. The van der Waals surface area contributed by atoms with Crippen molar-refractivity contribution in [3.63, 3.8) is 0 Å². The van der Waals surface area contributed by atoms with Crippen LogP contribution >= 0.6 is 24.0 Å². The van der Waals surface area contributed by atoms with E-state index in [4.69, 9.17) is 4.74 Å². The number of hydrogen-bond donors (Lipinski definition) is 2. The first-order chi connectivity index (χ1) is 12.1. The second kappa shape index (κ2) is 11.8. The Bertz CT molecular complexity index is 699. The van der Waals surface area contributed by atoms with Crippen LogP contribution < -0.4 is 15.4 Å². The third kappa shape index (κ3) is 7.23. The van der Waals surface area contributed by atoms with Crippen LogP contribution in [0.15, 0.2) is 35.6 Å². The lowest BCUT2D eigenvalue weighted by Gasteiger charge is -2.13. The van der Waals surface area contributed by atoms with Crippen LogP contribution in [-0.4, -0.2) is 43.0 Å². The smallest absolute Gasteiger partial charge is 0.190 e. The molecule has 6 nitrogen and oxygen atoms in total. The molecule has 2 N–H and O–H groups in total. The number of nitrogens with zero attached hydrogens (tertiary/aromatic N) is 3. The van der Waals surface area contributed by atoms with Crippen molar-refractivity contribution in [2.45, 2.75) is 33.2 Å². The lowest BCUT2D eigenvalue weighted by Crippen LogP contribution is -2.39. The van der Waals surface area contributed by atoms with E-state index >= 15 is 0 Å². The Morgan fingerprint density at radius 2 is 1.96 bits per heavy atom. The van der Waals surface area contributed by atoms with Gasteiger partial charge in [0, 0.05) is 32.9 Å². The third-order valence-electron chi connectivity index (χ3n) is 3.97. The molecule has 2 aromatic rings. The number of benzene rings is 1. The van der Waals surface area contributed by atoms with Crippen molar-refractivity contribution < 1.29 is 4.74 Å². The first kappa shape index (κ1) is 22.3. The minimum atomic E-state index is 0. The van der Waals surface area contributed by atoms with Gasteiger partial charge in [-0.05, 0) is 43.9 Å². The SMILES string of the molecule is CN=C(NCCCn1cc(C)cn1)NCCc1cc(C)ccc1OC.I. The maximum Gasteiger partial charge on any atom is 0.190 e. The van der Waals surface area contributed by atoms with Crippen LogP contribution in [0.1, 0.15) is 23.1 Å². The number of rotatable bonds is 8. The topological polar surface area (TPSA) is 63.5 Å². The molecule has 0 radical (unpaired) electrons. The molecule has 0 bridgehead atoms. The standard InChI is InChI=1S/C19H29N5O.HI/c1-15-6-7-18(25-4)17(12-15)8-10-22-19(20-3)21-9-5-11-24-14-16(2)13-23-24;/h6-7,12-14H,5,8-11H2,1-4H3,(H2,20,21,22);1H. The summed E-state index contributed by atoms with van der Waals surface area (Å²) in [6.07, 6.45) is 5.82. The van der Waals surface area contributed by atoms with E-state index in [1.54, 1.807) is 14.2 Å². The molecule has 0 saturated heterocycles. The second-order valence-corrected chi connectivity index (χ2v) is 6.13. The summed E-state index contributed by atoms with van der Waals surface area (Å²) in [5.74, 6) is 1.76. The fourth-order valence-corrected chi connectivity index (χ4v) is 2.68. The highest BCUT2D eigenvalue weighted by Crippen LogP contribution is 2.19. The van der Waals surface area contributed by atoms with E-state index in [-0.39, 0.29) is 24.0 Å². The molecule has 0 unspecified atom stereocenters. The fraction of sp³-hybridized carbons (Fsp3) is 0.474. The summed E-state index contributed by atoms with van der Waals surface area (Å²) in [7, 11) is 3.50. The molecular weight excluding hydrogens is 441 g/mol. The molecule has 0 amide bonds. The average molecular weight is 471 g/mol. The minimum Gasteiger partial charge on any atom is -0.496 e. The van der Waals surface area contributed by atoms with Crippen molar-refractivity contribution in [1.82, 2.24) is 20.4 Å². The first-order valence-corrected chi connectivity index (χ1v) is 8.69. The van der Waals surface area contributed by atoms with Gasteiger partial charge in [0.15, 0.2) is 5.96 Å². The summed E-state index contributed by atoms with van der Waals surface area (Å²) >= 11 is 0. The molecule has 7 heteroatoms. The maximum absolute atomic E-state index is 5.43. The highest BCUT2D eigenvalue weighted by Gasteiger charge is 2.04. The van der Waals surface area contributed by atoms with Gasteiger partial charge in [0.2, 0.25) is 0 Å². The number of aryl methyl sites for hydroxylation is 3. The summed E-state index contributed by atoms with van der Waals surface area (Å²) in [4.78, 5) is 4.27. The Balaban J connectivity index is 0.00000338. The van der Waals surface area contributed by atoms with Crippen LogP contribution in [-0.2, 0) is 13.0 Å². The van der Waals surface area contributed by atoms with Crippen LogP contribution in [0.25, 0.3) is 0 Å². The second-order valence-electron chi connectivity index (χ2n) is 6.13. The van der Waals surface area contributed by atoms with Crippen LogP contribution in [0.5, 0.6) is 5.75 Å². The van der Waals surface area contributed by atoms with E-state index in [1.807, 2.05) is 16.9 Å². The number of nitrogens with one attached hydrogen (secondary N) is 2. The molecule has 26 heavy (non-hydrogen) atoms. The van der Waals surface area contributed by atoms with Crippen molar-refractivity contribution in [3.8, 4) is 5.75 Å². The number of halogens is 1. The van der Waals surface area contributed by atoms with Crippen LogP contribution in [0.3, 0.4) is 0 Å². The number of ether oxygens (including phenoxy) is 1. The van der Waals surface area contributed by atoms with E-state index in [1.165, 1.54) is 16.7 Å². The summed E-state index contributed by atoms with van der Waals surface area (Å²) in [5, 5.41) is 11.0. The zero-order valence-electron chi connectivity index (χ0n) is 16.1. The van der Waals surface area contributed by atoms with Gasteiger partial charge in [0.05, 0.1) is 13.3 Å². The number of aliphatic imine (C=N–C) groups is 1. The van der Waals surface area contributed by atoms with E-state index in [0.717, 1.165) is 44.2 Å². The molecule has 1 aromatic carbocycles. The average Bonchev–Trinajstić information content (AvgIpc) is 3.02. The van der Waals surface area contributed by atoms with Gasteiger partial charge in [0.1, 0.15) is 5.75 Å². The minimum absolute atomic E-state index is 0. The Morgan fingerprint density at radius 1 is 1.19 bits per heavy atom. The summed E-state index contributed by atoms with van der Waals surface area (Å²) in [6.45, 7) is 6.71. The van der Waals surface area contributed by atoms with Gasteiger partial charge in [-0.25, -0.2) is 0 Å². The van der Waals surface area contributed by atoms with Gasteiger partial charge >= 0.3 is 0 Å². The molecule has 0 aliphatic carbocycles. The number of methoxy groups -OCH3 is 1. The highest BCUT2D eigenvalue weighted by molar-refractivity contribution is 14.0. The number of hydrogen-bond acceptors (Lipinski definition) is 3. The van der Waals surface area contributed by atoms with Crippen molar-refractivity contribution in [2.75, 3.05) is 27.2 Å². The van der Waals surface area contributed by atoms with E-state index in [2.05, 4.69) is 52.9 Å². The third-order valence-corrected chi connectivity index (χ3v) is 3.97. The summed E-state index contributed by atoms with van der Waals surface area (Å²) in [5.41, 5.74) is 3.64. The molecule has 0 aliphatic heterocycles. The van der Waals surface area contributed by atoms with E-state index in [9.17, 15) is 0 Å². The molecule has 2 rings (SSSR count). The van der Waals surface area contributed by atoms with Crippen LogP contribution in [0, 0.1) is 13.8 Å². The lowest BCUT2D eigenvalue weighted by molar-refractivity contribution is 0.409. The molecule has 144 valence electrons. The molecular formula is C19H30IN5O. The lowest BCUT2D eigenvalue weighted by atomic mass is 10.1. The Morgan fingerprint density at radius 3 is 2.62 bits per heavy atom. The molecule has 0 aliphatic rings. The van der Waals surface area contributed by atoms with E-state index < -0.39 is 0 Å². The predicted octanol–water partition coefficient (Wildman–Crippen LogP) is 2.92. The maximum atomic E-state index is 5.43. The molecule has 0 atom stereocenters. The van der Waals surface area contributed by atoms with Gasteiger partial charge in [-0.1, -0.05) is 17.7 Å². The monoisotopic (exact) mass is 471 g/mol. The van der Waals surface area contributed by atoms with Crippen molar-refractivity contribution in [2.24, 2.45) is 4.99 Å². The largest absolute Gasteiger partial charge is 0.496 e. The van der Waals surface area contributed by atoms with E-state index in [0.29, 0.717) is 0 Å². The zero-order valence-corrected chi connectivity index (χ0v) is 18.4. The van der Waals surface area contributed by atoms with Gasteiger partial charge < -0.3 is 15.4 Å². The fourth-order valence-electron chi connectivity index (χ4n) is 2.68. The van der Waals surface area contributed by atoms with Gasteiger partial charge in [0.25, 0.3) is 0 Å². The number of guanidine groups is 1. The predicted molar refractivity (Wildman–Crippen MR) is 118 cm³/mol. The van der Waals surface area contributed by atoms with Crippen molar-refractivity contribution >= 4 is 29.9 Å². The van der Waals surface area contributed by atoms with Gasteiger partial charge in [-0.15, -0.1) is 24.0 Å². The highest BCUT2D eigenvalue weighted by atomic mass is 127. The van der Waals surface area contributed by atoms with Gasteiger partial charge in [-0.3, -0.25) is 9.67 Å². The zero-order chi connectivity index (χ0) is 18.1. The normalized spacial score (nSPS) is 11.0. The van der Waals surface area contributed by atoms with Crippen LogP contribution in [0.4, 0.5) is 0 Å². The Hall–Kier alpha value is -1.77. The van der Waals surface area contributed by atoms with Crippen molar-refractivity contribution in [3.05, 3.63) is 47.3 Å². The molecule has 0 spiro atoms. The molecule has 1 aromatic heterocycles. The quantitative estimate of drug-likeness (QED) is 0.269. The number of aromatic nitrogens is 2. The van der Waals surface area contributed by atoms with Crippen LogP contribution in [0.2, 0.25) is 0 Å². The first-order valence-electron chi connectivity index (χ1n) is 8.69. The Labute approximate surface area is 173 Å². The Kier molecular flexibility index (Phi) is 10.1.